The summed E-state index contributed by atoms with van der Waals surface area (Å²) in [5.74, 6) is -3.00. The molecule has 1 aromatic carbocycles. The van der Waals surface area contributed by atoms with Gasteiger partial charge in [-0.05, 0) is 80.1 Å². The van der Waals surface area contributed by atoms with Gasteiger partial charge in [-0.25, -0.2) is 19.0 Å². The molecule has 404 valence electrons. The zero-order valence-corrected chi connectivity index (χ0v) is 43.1. The summed E-state index contributed by atoms with van der Waals surface area (Å²) in [5.41, 5.74) is 3.37. The topological polar surface area (TPSA) is 181 Å². The van der Waals surface area contributed by atoms with Crippen LogP contribution in [0.1, 0.15) is 82.5 Å². The Bertz CT molecular complexity index is 2840. The first kappa shape index (κ1) is 54.7. The van der Waals surface area contributed by atoms with Crippen LogP contribution in [0.25, 0.3) is 33.4 Å². The minimum Gasteiger partial charge on any atom is -0.464 e. The first-order chi connectivity index (χ1) is 35.5. The van der Waals surface area contributed by atoms with E-state index >= 15 is 8.78 Å². The summed E-state index contributed by atoms with van der Waals surface area (Å²) in [6, 6.07) is 5.46. The Morgan fingerprint density at radius 3 is 2.53 bits per heavy atom. The molecule has 0 saturated carbocycles. The maximum atomic E-state index is 15.0. The van der Waals surface area contributed by atoms with Gasteiger partial charge in [0.05, 0.1) is 55.1 Å². The van der Waals surface area contributed by atoms with E-state index in [9.17, 15) is 37.1 Å². The number of carbonyl (C=O) groups excluding carboxylic acids is 5. The molecular weight excluding hydrogens is 986 g/mol. The molecule has 0 radical (unpaired) electrons. The number of fused-ring (bicyclic) bond motifs is 7. The average Bonchev–Trinajstić information content (AvgIpc) is 3.94. The predicted molar refractivity (Wildman–Crippen MR) is 266 cm³/mol. The first-order valence-electron chi connectivity index (χ1n) is 25.1. The number of aromatic nitrogens is 3. The molecule has 3 saturated heterocycles. The van der Waals surface area contributed by atoms with E-state index in [4.69, 9.17) is 19.2 Å². The third kappa shape index (κ3) is 11.7. The Kier molecular flexibility index (Phi) is 16.0. The van der Waals surface area contributed by atoms with Gasteiger partial charge in [-0.1, -0.05) is 40.3 Å². The fourth-order valence-electron chi connectivity index (χ4n) is 10.8. The number of nitrogens with zero attached hydrogens (tertiary/aromatic N) is 7. The SMILES string of the molecule is C=CC(=O)N1CCO[C@H]2CN(C(=O)N(C)[C@H](C(=O)NC3Cc4cc(C(F)F)cc(n4)-c4ccc5c(c4)c(c(-c4cccnc4[C@H](C)OC)n5CC(F)(F)F)CC(C)(C)COC(=O)[C@@H]4CCCN(N4)C3=O)C(C)C)C[C@H]21. The Balaban J connectivity index is 1.22. The number of esters is 1. The summed E-state index contributed by atoms with van der Waals surface area (Å²) in [7, 11) is 2.92. The molecule has 0 aliphatic carbocycles. The second-order valence-corrected chi connectivity index (χ2v) is 20.9. The molecule has 2 N–H and O–H groups in total. The van der Waals surface area contributed by atoms with Gasteiger partial charge in [-0.15, -0.1) is 0 Å². The highest BCUT2D eigenvalue weighted by Gasteiger charge is 2.46. The second kappa shape index (κ2) is 22.0. The van der Waals surface area contributed by atoms with E-state index in [1.807, 2.05) is 0 Å². The molecule has 4 aliphatic rings. The molecule has 3 aromatic heterocycles. The van der Waals surface area contributed by atoms with E-state index in [2.05, 4.69) is 22.3 Å². The van der Waals surface area contributed by atoms with Gasteiger partial charge >= 0.3 is 18.2 Å². The van der Waals surface area contributed by atoms with Gasteiger partial charge in [-0.2, -0.15) is 13.2 Å². The summed E-state index contributed by atoms with van der Waals surface area (Å²) in [6.07, 6.45) is -5.92. The van der Waals surface area contributed by atoms with Crippen molar-refractivity contribution in [2.75, 3.05) is 53.6 Å². The summed E-state index contributed by atoms with van der Waals surface area (Å²) in [5, 5.41) is 4.36. The Hall–Kier alpha value is -6.52. The molecule has 6 bridgehead atoms. The standard InChI is InChI=1S/C53H64F5N9O8/c1-9-43(68)65-18-19-74-42-26-64(25-41(42)65)51(72)63(7)45(29(2)3)48(69)61-39-23-33-20-32(47(54)55)22-38(60-33)31-14-15-40-35(21-31)36(24-52(5,6)28-75-50(71)37-13-11-17-67(62-37)49(39)70)46(66(40)27-53(56,57)58)34-12-10-16-59-44(34)30(4)73-8/h9-10,12,14-16,20-22,29-30,37,39,41-42,45,47,62H,1,11,13,17-19,23-28H2,2-8H3,(H,61,69)/t30-,37-,39?,41+,42-,45-/m0/s1. The lowest BCUT2D eigenvalue weighted by Gasteiger charge is -2.37. The van der Waals surface area contributed by atoms with E-state index in [0.29, 0.717) is 35.2 Å². The van der Waals surface area contributed by atoms with Gasteiger partial charge in [0.1, 0.15) is 24.7 Å². The number of urea groups is 1. The number of benzene rings is 1. The number of ether oxygens (including phenoxy) is 3. The maximum absolute atomic E-state index is 15.0. The van der Waals surface area contributed by atoms with E-state index in [-0.39, 0.29) is 79.8 Å². The molecule has 4 aliphatic heterocycles. The molecule has 17 nitrogen and oxygen atoms in total. The van der Waals surface area contributed by atoms with Crippen LogP contribution in [0, 0.1) is 11.3 Å². The highest BCUT2D eigenvalue weighted by atomic mass is 19.4. The number of likely N-dealkylation sites (tertiary alicyclic amines) is 1. The summed E-state index contributed by atoms with van der Waals surface area (Å²) < 4.78 is 93.1. The number of methoxy groups -OCH3 is 1. The third-order valence-electron chi connectivity index (χ3n) is 14.5. The van der Waals surface area contributed by atoms with Crippen molar-refractivity contribution >= 4 is 40.6 Å². The summed E-state index contributed by atoms with van der Waals surface area (Å²) >= 11 is 0. The van der Waals surface area contributed by atoms with E-state index in [1.165, 1.54) is 59.4 Å². The number of rotatable bonds is 10. The molecule has 3 fully saturated rings. The average molecular weight is 1050 g/mol. The van der Waals surface area contributed by atoms with Crippen LogP contribution in [-0.2, 0) is 52.8 Å². The molecule has 8 rings (SSSR count). The Morgan fingerprint density at radius 1 is 1.08 bits per heavy atom. The van der Waals surface area contributed by atoms with Gasteiger partial charge in [-0.3, -0.25) is 34.2 Å². The number of hydrazine groups is 1. The van der Waals surface area contributed by atoms with Crippen molar-refractivity contribution < 1.29 is 60.1 Å². The van der Waals surface area contributed by atoms with Crippen LogP contribution in [0.4, 0.5) is 26.7 Å². The van der Waals surface area contributed by atoms with Crippen molar-refractivity contribution in [2.45, 2.75) is 116 Å². The molecule has 6 atom stereocenters. The van der Waals surface area contributed by atoms with Gasteiger partial charge in [0.25, 0.3) is 12.3 Å². The van der Waals surface area contributed by atoms with Crippen molar-refractivity contribution in [2.24, 2.45) is 11.3 Å². The Morgan fingerprint density at radius 2 is 1.84 bits per heavy atom. The van der Waals surface area contributed by atoms with Crippen LogP contribution in [0.5, 0.6) is 0 Å². The van der Waals surface area contributed by atoms with Crippen LogP contribution in [-0.4, -0.2) is 154 Å². The van der Waals surface area contributed by atoms with E-state index < -0.39 is 103 Å². The maximum Gasteiger partial charge on any atom is 0.406 e. The van der Waals surface area contributed by atoms with E-state index in [0.717, 1.165) is 10.6 Å². The highest BCUT2D eigenvalue weighted by molar-refractivity contribution is 5.96. The van der Waals surface area contributed by atoms with Crippen molar-refractivity contribution in [3.63, 3.8) is 0 Å². The van der Waals surface area contributed by atoms with Gasteiger partial charge in [0.15, 0.2) is 0 Å². The number of hydrogen-bond acceptors (Lipinski definition) is 11. The molecule has 1 unspecified atom stereocenters. The molecule has 0 spiro atoms. The van der Waals surface area contributed by atoms with Gasteiger partial charge in [0.2, 0.25) is 11.8 Å². The number of pyridine rings is 2. The van der Waals surface area contributed by atoms with E-state index in [1.54, 1.807) is 57.7 Å². The number of likely N-dealkylation sites (N-methyl/N-ethyl adjacent to an activating group) is 1. The fourth-order valence-corrected chi connectivity index (χ4v) is 10.8. The number of alkyl halides is 5. The quantitative estimate of drug-likeness (QED) is 0.0970. The number of hydrogen-bond donors (Lipinski definition) is 2. The van der Waals surface area contributed by atoms with Gasteiger partial charge < -0.3 is 38.8 Å². The number of nitrogens with one attached hydrogen (secondary N) is 2. The zero-order valence-electron chi connectivity index (χ0n) is 43.1. The fraction of sp³-hybridized carbons (Fsp3) is 0.528. The highest BCUT2D eigenvalue weighted by Crippen LogP contribution is 2.43. The smallest absolute Gasteiger partial charge is 0.406 e. The lowest BCUT2D eigenvalue weighted by Crippen LogP contribution is -2.62. The number of amides is 5. The van der Waals surface area contributed by atoms with Crippen LogP contribution in [0.3, 0.4) is 0 Å². The van der Waals surface area contributed by atoms with Crippen LogP contribution in [0.15, 0.2) is 61.3 Å². The van der Waals surface area contributed by atoms with Crippen molar-refractivity contribution in [1.29, 1.82) is 0 Å². The number of halogens is 5. The predicted octanol–water partition coefficient (Wildman–Crippen LogP) is 6.80. The normalized spacial score (nSPS) is 22.1. The molecule has 7 heterocycles. The molecule has 5 amide bonds. The van der Waals surface area contributed by atoms with Gasteiger partial charge in [0, 0.05) is 85.1 Å². The second-order valence-electron chi connectivity index (χ2n) is 20.9. The molecule has 4 aromatic rings. The van der Waals surface area contributed by atoms with Crippen LogP contribution >= 0.6 is 0 Å². The summed E-state index contributed by atoms with van der Waals surface area (Å²) in [4.78, 5) is 84.2. The lowest BCUT2D eigenvalue weighted by atomic mass is 9.84. The minimum atomic E-state index is -4.70. The largest absolute Gasteiger partial charge is 0.464 e. The third-order valence-corrected chi connectivity index (χ3v) is 14.5. The number of carbonyl (C=O) groups is 5. The van der Waals surface area contributed by atoms with Crippen LogP contribution in [0.2, 0.25) is 0 Å². The van der Waals surface area contributed by atoms with Crippen molar-refractivity contribution in [3.8, 4) is 22.5 Å². The molecule has 22 heteroatoms. The van der Waals surface area contributed by atoms with Crippen LogP contribution < -0.4 is 10.7 Å². The number of cyclic esters (lactones) is 1. The zero-order chi connectivity index (χ0) is 54.3. The number of morpholine rings is 1. The van der Waals surface area contributed by atoms with Crippen molar-refractivity contribution in [1.82, 2.24) is 45.0 Å². The first-order valence-corrected chi connectivity index (χ1v) is 25.1. The minimum absolute atomic E-state index is 0.0211. The lowest BCUT2D eigenvalue weighted by molar-refractivity contribution is -0.155. The monoisotopic (exact) mass is 1050 g/mol. The summed E-state index contributed by atoms with van der Waals surface area (Å²) in [6.45, 7) is 11.7. The molecule has 75 heavy (non-hydrogen) atoms. The van der Waals surface area contributed by atoms with Crippen molar-refractivity contribution in [3.05, 3.63) is 83.8 Å². The molecular formula is C53H64F5N9O8. The Labute approximate surface area is 431 Å².